The van der Waals surface area contributed by atoms with E-state index >= 15 is 0 Å². The number of alkyl halides is 4. The average molecular weight is 280 g/mol. The SMILES string of the molecule is Cc1ccc2c(c1)[C@H](S)C[C@H](C(F)(F)C(F)F)O2. The first-order valence-electron chi connectivity index (χ1n) is 5.43. The van der Waals surface area contributed by atoms with Crippen molar-refractivity contribution in [1.82, 2.24) is 0 Å². The van der Waals surface area contributed by atoms with Crippen LogP contribution in [0.3, 0.4) is 0 Å². The van der Waals surface area contributed by atoms with Gasteiger partial charge in [-0.25, -0.2) is 8.78 Å². The van der Waals surface area contributed by atoms with E-state index in [1.165, 1.54) is 6.07 Å². The Morgan fingerprint density at radius 2 is 2.06 bits per heavy atom. The summed E-state index contributed by atoms with van der Waals surface area (Å²) in [6.07, 6.45) is -5.82. The lowest BCUT2D eigenvalue weighted by atomic mass is 9.97. The van der Waals surface area contributed by atoms with Crippen LogP contribution in [0, 0.1) is 6.92 Å². The third kappa shape index (κ3) is 2.30. The van der Waals surface area contributed by atoms with Gasteiger partial charge in [-0.05, 0) is 13.0 Å². The number of ether oxygens (including phenoxy) is 1. The quantitative estimate of drug-likeness (QED) is 0.636. The fourth-order valence-electron chi connectivity index (χ4n) is 1.94. The summed E-state index contributed by atoms with van der Waals surface area (Å²) in [5.41, 5.74) is 1.61. The van der Waals surface area contributed by atoms with Crippen LogP contribution in [0.1, 0.15) is 22.8 Å². The second-order valence-corrected chi connectivity index (χ2v) is 5.00. The first-order valence-corrected chi connectivity index (χ1v) is 5.95. The lowest BCUT2D eigenvalue weighted by Crippen LogP contribution is -2.46. The maximum Gasteiger partial charge on any atom is 0.343 e. The smallest absolute Gasteiger partial charge is 0.343 e. The molecule has 0 aliphatic carbocycles. The number of hydrogen-bond acceptors (Lipinski definition) is 2. The number of halogens is 4. The number of fused-ring (bicyclic) bond motifs is 1. The Hall–Kier alpha value is -0.910. The van der Waals surface area contributed by atoms with Gasteiger partial charge in [-0.15, -0.1) is 0 Å². The van der Waals surface area contributed by atoms with Crippen molar-refractivity contribution >= 4 is 12.6 Å². The molecule has 1 aliphatic heterocycles. The Morgan fingerprint density at radius 3 is 2.67 bits per heavy atom. The minimum Gasteiger partial charge on any atom is -0.484 e. The number of benzene rings is 1. The Balaban J connectivity index is 2.31. The minimum atomic E-state index is -4.16. The van der Waals surface area contributed by atoms with Crippen molar-refractivity contribution < 1.29 is 22.3 Å². The fourth-order valence-corrected chi connectivity index (χ4v) is 2.34. The van der Waals surface area contributed by atoms with E-state index in [0.717, 1.165) is 5.56 Å². The van der Waals surface area contributed by atoms with Crippen molar-refractivity contribution in [3.05, 3.63) is 29.3 Å². The van der Waals surface area contributed by atoms with E-state index in [1.54, 1.807) is 12.1 Å². The second kappa shape index (κ2) is 4.64. The van der Waals surface area contributed by atoms with E-state index < -0.39 is 23.7 Å². The second-order valence-electron chi connectivity index (χ2n) is 4.37. The van der Waals surface area contributed by atoms with E-state index in [0.29, 0.717) is 5.56 Å². The molecular weight excluding hydrogens is 268 g/mol. The van der Waals surface area contributed by atoms with Gasteiger partial charge in [0, 0.05) is 17.2 Å². The van der Waals surface area contributed by atoms with Gasteiger partial charge in [-0.2, -0.15) is 21.4 Å². The lowest BCUT2D eigenvalue weighted by molar-refractivity contribution is -0.187. The first kappa shape index (κ1) is 13.5. The van der Waals surface area contributed by atoms with Crippen LogP contribution < -0.4 is 4.74 Å². The molecule has 1 nitrogen and oxygen atoms in total. The van der Waals surface area contributed by atoms with Crippen LogP contribution in [0.2, 0.25) is 0 Å². The monoisotopic (exact) mass is 280 g/mol. The summed E-state index contributed by atoms with van der Waals surface area (Å²) in [6.45, 7) is 1.85. The van der Waals surface area contributed by atoms with Crippen molar-refractivity contribution in [2.75, 3.05) is 0 Å². The van der Waals surface area contributed by atoms with Gasteiger partial charge in [0.15, 0.2) is 6.10 Å². The van der Waals surface area contributed by atoms with Gasteiger partial charge in [-0.3, -0.25) is 0 Å². The van der Waals surface area contributed by atoms with Crippen molar-refractivity contribution in [3.8, 4) is 5.75 Å². The van der Waals surface area contributed by atoms with Crippen LogP contribution in [0.25, 0.3) is 0 Å². The molecule has 1 aliphatic rings. The highest BCUT2D eigenvalue weighted by Gasteiger charge is 2.52. The standard InChI is InChI=1S/C12H12F4OS/c1-6-2-3-8-7(4-6)9(18)5-10(17-8)12(15,16)11(13)14/h2-4,9-11,18H,5H2,1H3/t9-,10-/m1/s1. The van der Waals surface area contributed by atoms with Gasteiger partial charge in [0.1, 0.15) is 5.75 Å². The minimum absolute atomic E-state index is 0.206. The van der Waals surface area contributed by atoms with Gasteiger partial charge in [0.2, 0.25) is 0 Å². The molecule has 0 radical (unpaired) electrons. The maximum atomic E-state index is 13.3. The summed E-state index contributed by atoms with van der Waals surface area (Å²) in [5, 5.41) is -0.525. The molecule has 2 atom stereocenters. The molecule has 0 saturated heterocycles. The maximum absolute atomic E-state index is 13.3. The lowest BCUT2D eigenvalue weighted by Gasteiger charge is -2.34. The number of rotatable bonds is 2. The molecule has 1 aromatic rings. The van der Waals surface area contributed by atoms with Crippen molar-refractivity contribution in [2.45, 2.75) is 37.0 Å². The van der Waals surface area contributed by atoms with E-state index in [1.807, 2.05) is 6.92 Å². The molecule has 1 heterocycles. The Morgan fingerprint density at radius 1 is 1.39 bits per heavy atom. The van der Waals surface area contributed by atoms with Crippen LogP contribution in [0.15, 0.2) is 18.2 Å². The van der Waals surface area contributed by atoms with Crippen molar-refractivity contribution in [3.63, 3.8) is 0 Å². The third-order valence-electron chi connectivity index (χ3n) is 2.95. The molecule has 2 rings (SSSR count). The molecule has 100 valence electrons. The average Bonchev–Trinajstić information content (AvgIpc) is 2.29. The van der Waals surface area contributed by atoms with E-state index in [9.17, 15) is 17.6 Å². The summed E-state index contributed by atoms with van der Waals surface area (Å²) in [4.78, 5) is 0. The molecule has 0 bridgehead atoms. The molecule has 0 N–H and O–H groups in total. The molecule has 0 amide bonds. The largest absolute Gasteiger partial charge is 0.484 e. The van der Waals surface area contributed by atoms with Crippen molar-refractivity contribution in [2.24, 2.45) is 0 Å². The Kier molecular flexibility index (Phi) is 3.49. The highest BCUT2D eigenvalue weighted by atomic mass is 32.1. The zero-order chi connectivity index (χ0) is 13.5. The van der Waals surface area contributed by atoms with Gasteiger partial charge in [0.05, 0.1) is 0 Å². The molecule has 0 aromatic heterocycles. The summed E-state index contributed by atoms with van der Waals surface area (Å²) in [7, 11) is 0. The molecule has 6 heteroatoms. The molecular formula is C12H12F4OS. The Labute approximate surface area is 108 Å². The summed E-state index contributed by atoms with van der Waals surface area (Å²) in [6, 6.07) is 4.97. The van der Waals surface area contributed by atoms with E-state index in [4.69, 9.17) is 4.74 Å². The summed E-state index contributed by atoms with van der Waals surface area (Å²) < 4.78 is 56.2. The normalized spacial score (nSPS) is 23.7. The molecule has 0 unspecified atom stereocenters. The van der Waals surface area contributed by atoms with Crippen LogP contribution in [-0.2, 0) is 0 Å². The molecule has 0 spiro atoms. The van der Waals surface area contributed by atoms with Crippen LogP contribution >= 0.6 is 12.6 Å². The third-order valence-corrected chi connectivity index (χ3v) is 3.44. The zero-order valence-corrected chi connectivity index (χ0v) is 10.4. The van der Waals surface area contributed by atoms with E-state index in [-0.39, 0.29) is 12.2 Å². The van der Waals surface area contributed by atoms with E-state index in [2.05, 4.69) is 12.6 Å². The molecule has 18 heavy (non-hydrogen) atoms. The number of thiol groups is 1. The molecule has 0 saturated carbocycles. The predicted octanol–water partition coefficient (Wildman–Crippen LogP) is 4.02. The van der Waals surface area contributed by atoms with Crippen LogP contribution in [0.4, 0.5) is 17.6 Å². The first-order chi connectivity index (χ1) is 8.32. The highest BCUT2D eigenvalue weighted by Crippen LogP contribution is 2.44. The topological polar surface area (TPSA) is 9.23 Å². The van der Waals surface area contributed by atoms with Crippen LogP contribution in [0.5, 0.6) is 5.75 Å². The highest BCUT2D eigenvalue weighted by molar-refractivity contribution is 7.80. The van der Waals surface area contributed by atoms with Gasteiger partial charge < -0.3 is 4.74 Å². The van der Waals surface area contributed by atoms with Gasteiger partial charge >= 0.3 is 12.3 Å². The summed E-state index contributed by atoms with van der Waals surface area (Å²) in [5.74, 6) is -3.96. The van der Waals surface area contributed by atoms with Crippen molar-refractivity contribution in [1.29, 1.82) is 0 Å². The van der Waals surface area contributed by atoms with Gasteiger partial charge in [-0.1, -0.05) is 17.7 Å². The van der Waals surface area contributed by atoms with Crippen LogP contribution in [-0.4, -0.2) is 18.5 Å². The summed E-state index contributed by atoms with van der Waals surface area (Å²) >= 11 is 4.19. The fraction of sp³-hybridized carbons (Fsp3) is 0.500. The predicted molar refractivity (Wildman–Crippen MR) is 62.9 cm³/mol. The number of aryl methyl sites for hydroxylation is 1. The zero-order valence-electron chi connectivity index (χ0n) is 9.54. The van der Waals surface area contributed by atoms with Gasteiger partial charge in [0.25, 0.3) is 0 Å². The Bertz CT molecular complexity index is 450. The number of hydrogen-bond donors (Lipinski definition) is 1. The molecule has 1 aromatic carbocycles. The molecule has 0 fully saturated rings.